The number of nitrogens with zero attached hydrogens (tertiary/aromatic N) is 1. The van der Waals surface area contributed by atoms with Crippen LogP contribution in [0.1, 0.15) is 64.0 Å². The van der Waals surface area contributed by atoms with Crippen molar-refractivity contribution in [1.82, 2.24) is 4.90 Å². The fourth-order valence-corrected chi connectivity index (χ4v) is 3.69. The van der Waals surface area contributed by atoms with E-state index in [-0.39, 0.29) is 18.2 Å². The van der Waals surface area contributed by atoms with Gasteiger partial charge in [-0.2, -0.15) is 0 Å². The topological polar surface area (TPSA) is 134 Å². The summed E-state index contributed by atoms with van der Waals surface area (Å²) < 4.78 is 10.7. The highest BCUT2D eigenvalue weighted by Crippen LogP contribution is 2.19. The molecular weight excluding hydrogens is 420 g/mol. The molecule has 8 nitrogen and oxygen atoms in total. The fourth-order valence-electron chi connectivity index (χ4n) is 3.49. The summed E-state index contributed by atoms with van der Waals surface area (Å²) >= 11 is 6.11. The van der Waals surface area contributed by atoms with Gasteiger partial charge in [-0.15, -0.1) is 0 Å². The van der Waals surface area contributed by atoms with Gasteiger partial charge in [0.15, 0.2) is 0 Å². The van der Waals surface area contributed by atoms with E-state index in [9.17, 15) is 9.59 Å². The third kappa shape index (κ3) is 11.8. The first-order valence-electron chi connectivity index (χ1n) is 10.9. The molecule has 31 heavy (non-hydrogen) atoms. The Bertz CT molecular complexity index is 647. The molecule has 3 unspecified atom stereocenters. The predicted molar refractivity (Wildman–Crippen MR) is 123 cm³/mol. The average Bonchev–Trinajstić information content (AvgIpc) is 2.69. The molecule has 0 aliphatic carbocycles. The minimum atomic E-state index is -0.809. The number of rotatable bonds is 15. The number of carbonyl (C=O) groups excluding carboxylic acids is 2. The molecule has 0 radical (unpaired) electrons. The van der Waals surface area contributed by atoms with Crippen LogP contribution in [-0.4, -0.2) is 48.9 Å². The van der Waals surface area contributed by atoms with Crippen molar-refractivity contribution in [3.8, 4) is 0 Å². The Kier molecular flexibility index (Phi) is 13.0. The highest BCUT2D eigenvalue weighted by Gasteiger charge is 2.24. The van der Waals surface area contributed by atoms with Crippen LogP contribution >= 0.6 is 11.6 Å². The van der Waals surface area contributed by atoms with Gasteiger partial charge < -0.3 is 26.7 Å². The van der Waals surface area contributed by atoms with Crippen LogP contribution in [0.5, 0.6) is 0 Å². The van der Waals surface area contributed by atoms with E-state index >= 15 is 0 Å². The van der Waals surface area contributed by atoms with E-state index in [2.05, 4.69) is 13.8 Å². The van der Waals surface area contributed by atoms with E-state index in [0.717, 1.165) is 31.2 Å². The fraction of sp³-hybridized carbons (Fsp3) is 0.636. The largest absolute Gasteiger partial charge is 0.445 e. The summed E-state index contributed by atoms with van der Waals surface area (Å²) in [5.74, 6) is 0. The number of nitrogens with two attached hydrogens (primary N) is 3. The summed E-state index contributed by atoms with van der Waals surface area (Å²) in [6.45, 7) is 5.42. The molecule has 1 aromatic carbocycles. The maximum atomic E-state index is 11.4. The molecule has 1 rings (SSSR count). The van der Waals surface area contributed by atoms with Crippen molar-refractivity contribution in [2.45, 2.75) is 70.6 Å². The van der Waals surface area contributed by atoms with Gasteiger partial charge in [0.2, 0.25) is 0 Å². The molecule has 1 aromatic rings. The number of carbonyl (C=O) groups is 2. The minimum absolute atomic E-state index is 0.334. The van der Waals surface area contributed by atoms with Crippen molar-refractivity contribution in [2.75, 3.05) is 19.6 Å². The van der Waals surface area contributed by atoms with Crippen LogP contribution in [0.25, 0.3) is 0 Å². The van der Waals surface area contributed by atoms with Crippen molar-refractivity contribution in [3.05, 3.63) is 34.9 Å². The van der Waals surface area contributed by atoms with Crippen LogP contribution < -0.4 is 17.2 Å². The van der Waals surface area contributed by atoms with Crippen LogP contribution in [-0.2, 0) is 9.47 Å². The Balaban J connectivity index is 3.00. The summed E-state index contributed by atoms with van der Waals surface area (Å²) in [4.78, 5) is 24.8. The van der Waals surface area contributed by atoms with Crippen LogP contribution in [0.3, 0.4) is 0 Å². The number of amides is 2. The molecule has 0 aliphatic heterocycles. The lowest BCUT2D eigenvalue weighted by Gasteiger charge is -2.32. The second kappa shape index (κ2) is 14.9. The highest BCUT2D eigenvalue weighted by molar-refractivity contribution is 6.30. The van der Waals surface area contributed by atoms with Crippen LogP contribution in [0.4, 0.5) is 9.59 Å². The monoisotopic (exact) mass is 456 g/mol. The van der Waals surface area contributed by atoms with Crippen molar-refractivity contribution in [2.24, 2.45) is 17.2 Å². The highest BCUT2D eigenvalue weighted by atomic mass is 35.5. The van der Waals surface area contributed by atoms with Crippen molar-refractivity contribution in [3.63, 3.8) is 0 Å². The zero-order valence-electron chi connectivity index (χ0n) is 18.6. The molecule has 0 bridgehead atoms. The Labute approximate surface area is 190 Å². The molecule has 9 heteroatoms. The molecule has 0 saturated heterocycles. The number of hydrogen-bond donors (Lipinski definition) is 3. The van der Waals surface area contributed by atoms with Crippen LogP contribution in [0.2, 0.25) is 5.02 Å². The third-order valence-electron chi connectivity index (χ3n) is 4.98. The maximum absolute atomic E-state index is 11.4. The van der Waals surface area contributed by atoms with Crippen molar-refractivity contribution in [1.29, 1.82) is 0 Å². The Morgan fingerprint density at radius 2 is 1.48 bits per heavy atom. The van der Waals surface area contributed by atoms with E-state index < -0.39 is 12.2 Å². The number of hydrogen-bond acceptors (Lipinski definition) is 6. The van der Waals surface area contributed by atoms with Gasteiger partial charge in [0.1, 0.15) is 12.2 Å². The minimum Gasteiger partial charge on any atom is -0.445 e. The van der Waals surface area contributed by atoms with E-state index in [1.165, 1.54) is 0 Å². The number of unbranched alkanes of at least 4 members (excludes halogenated alkanes) is 2. The number of ether oxygens (including phenoxy) is 2. The van der Waals surface area contributed by atoms with Gasteiger partial charge in [-0.1, -0.05) is 50.4 Å². The average molecular weight is 457 g/mol. The van der Waals surface area contributed by atoms with Gasteiger partial charge in [0, 0.05) is 30.7 Å². The van der Waals surface area contributed by atoms with E-state index in [1.807, 2.05) is 23.1 Å². The third-order valence-corrected chi connectivity index (χ3v) is 5.22. The molecule has 0 aliphatic rings. The normalized spacial score (nSPS) is 14.1. The lowest BCUT2D eigenvalue weighted by Crippen LogP contribution is -2.44. The van der Waals surface area contributed by atoms with E-state index in [1.54, 1.807) is 6.07 Å². The molecule has 6 N–H and O–H groups in total. The molecule has 0 saturated carbocycles. The molecule has 0 heterocycles. The lowest BCUT2D eigenvalue weighted by atomic mass is 10.1. The number of benzene rings is 1. The second-order valence-electron chi connectivity index (χ2n) is 7.78. The van der Waals surface area contributed by atoms with E-state index in [4.69, 9.17) is 38.3 Å². The Morgan fingerprint density at radius 3 is 1.90 bits per heavy atom. The Morgan fingerprint density at radius 1 is 0.968 bits per heavy atom. The molecule has 0 aromatic heterocycles. The summed E-state index contributed by atoms with van der Waals surface area (Å²) in [7, 11) is 0. The van der Waals surface area contributed by atoms with Gasteiger partial charge in [-0.05, 0) is 43.4 Å². The standard InChI is InChI=1S/C22H37ClN4O4/c1-3-5-10-18(30-21(25)28)13-27(14-19(11-6-4-2)31-22(26)29)15-20(24)16-8-7-9-17(23)12-16/h7-9,12,18-20H,3-6,10-11,13-15,24H2,1-2H3,(H2,25,28)(H2,26,29). The SMILES string of the molecule is CCCCC(CN(CC(CCCC)OC(N)=O)CC(N)c1cccc(Cl)c1)OC(N)=O. The Hall–Kier alpha value is -2.03. The first-order valence-corrected chi connectivity index (χ1v) is 11.3. The van der Waals surface area contributed by atoms with Crippen LogP contribution in [0.15, 0.2) is 24.3 Å². The molecule has 3 atom stereocenters. The van der Waals surface area contributed by atoms with Crippen molar-refractivity contribution < 1.29 is 19.1 Å². The zero-order chi connectivity index (χ0) is 23.2. The first kappa shape index (κ1) is 27.0. The van der Waals surface area contributed by atoms with Gasteiger partial charge >= 0.3 is 12.2 Å². The van der Waals surface area contributed by atoms with Gasteiger partial charge in [-0.25, -0.2) is 9.59 Å². The van der Waals surface area contributed by atoms with Gasteiger partial charge in [0.05, 0.1) is 0 Å². The molecule has 0 fully saturated rings. The summed E-state index contributed by atoms with van der Waals surface area (Å²) in [5, 5.41) is 0.607. The molecular formula is C22H37ClN4O4. The van der Waals surface area contributed by atoms with Gasteiger partial charge in [0.25, 0.3) is 0 Å². The number of halogens is 1. The molecule has 2 amide bonds. The first-order chi connectivity index (χ1) is 14.7. The smallest absolute Gasteiger partial charge is 0.404 e. The van der Waals surface area contributed by atoms with Crippen LogP contribution in [0, 0.1) is 0 Å². The maximum Gasteiger partial charge on any atom is 0.404 e. The van der Waals surface area contributed by atoms with Gasteiger partial charge in [-0.3, -0.25) is 4.90 Å². The second-order valence-corrected chi connectivity index (χ2v) is 8.22. The zero-order valence-corrected chi connectivity index (χ0v) is 19.4. The summed E-state index contributed by atoms with van der Waals surface area (Å²) in [5.41, 5.74) is 17.9. The lowest BCUT2D eigenvalue weighted by molar-refractivity contribution is 0.0365. The quantitative estimate of drug-likeness (QED) is 0.365. The summed E-state index contributed by atoms with van der Waals surface area (Å²) in [6, 6.07) is 7.05. The summed E-state index contributed by atoms with van der Waals surface area (Å²) in [6.07, 6.45) is 2.68. The van der Waals surface area contributed by atoms with Crippen molar-refractivity contribution >= 4 is 23.8 Å². The molecule has 176 valence electrons. The predicted octanol–water partition coefficient (Wildman–Crippen LogP) is 3.95. The number of primary amides is 2. The molecule has 0 spiro atoms. The van der Waals surface area contributed by atoms with E-state index in [0.29, 0.717) is 37.5 Å².